The van der Waals surface area contributed by atoms with Crippen LogP contribution in [0.3, 0.4) is 0 Å². The lowest BCUT2D eigenvalue weighted by Crippen LogP contribution is -1.80. The van der Waals surface area contributed by atoms with E-state index in [0.29, 0.717) is 0 Å². The second-order valence-corrected chi connectivity index (χ2v) is 5.79. The minimum atomic E-state index is 0.727. The molecule has 6 heteroatoms. The highest BCUT2D eigenvalue weighted by Crippen LogP contribution is 2.31. The van der Waals surface area contributed by atoms with Crippen molar-refractivity contribution in [3.8, 4) is 22.0 Å². The molecule has 0 aliphatic carbocycles. The fraction of sp³-hybridized carbons (Fsp3) is 0. The lowest BCUT2D eigenvalue weighted by atomic mass is 10.2. The number of halogens is 2. The summed E-state index contributed by atoms with van der Waals surface area (Å²) in [4.78, 5) is 4.59. The Morgan fingerprint density at radius 3 is 2.67 bits per heavy atom. The van der Waals surface area contributed by atoms with Gasteiger partial charge in [0.25, 0.3) is 0 Å². The van der Waals surface area contributed by atoms with E-state index in [0.717, 1.165) is 31.5 Å². The molecule has 0 bridgehead atoms. The normalized spacial score (nSPS) is 10.8. The van der Waals surface area contributed by atoms with Crippen LogP contribution in [0.5, 0.6) is 0 Å². The zero-order chi connectivity index (χ0) is 12.5. The summed E-state index contributed by atoms with van der Waals surface area (Å²) in [5.74, 6) is 0. The molecule has 0 saturated carbocycles. The highest BCUT2D eigenvalue weighted by molar-refractivity contribution is 9.10. The summed E-state index contributed by atoms with van der Waals surface area (Å²) >= 11 is 10.9. The van der Waals surface area contributed by atoms with E-state index in [4.69, 9.17) is 11.6 Å². The fourth-order valence-corrected chi connectivity index (χ4v) is 3.04. The van der Waals surface area contributed by atoms with Gasteiger partial charge in [-0.3, -0.25) is 5.10 Å². The van der Waals surface area contributed by atoms with Gasteiger partial charge in [-0.05, 0) is 28.1 Å². The van der Waals surface area contributed by atoms with E-state index in [-0.39, 0.29) is 0 Å². The molecule has 3 nitrogen and oxygen atoms in total. The van der Waals surface area contributed by atoms with Crippen LogP contribution in [0.15, 0.2) is 40.3 Å². The van der Waals surface area contributed by atoms with Crippen molar-refractivity contribution in [2.24, 2.45) is 0 Å². The predicted octanol–water partition coefficient (Wildman–Crippen LogP) is 4.62. The van der Waals surface area contributed by atoms with Gasteiger partial charge in [0.05, 0.1) is 16.4 Å². The Kier molecular flexibility index (Phi) is 3.20. The molecule has 0 spiro atoms. The van der Waals surface area contributed by atoms with Crippen molar-refractivity contribution in [2.75, 3.05) is 0 Å². The molecular formula is C12H7BrClN3S. The Morgan fingerprint density at radius 1 is 1.22 bits per heavy atom. The molecule has 0 atom stereocenters. The molecule has 1 aromatic carbocycles. The molecule has 3 rings (SSSR count). The van der Waals surface area contributed by atoms with Crippen molar-refractivity contribution in [2.45, 2.75) is 0 Å². The number of nitrogens with zero attached hydrogens (tertiary/aromatic N) is 2. The van der Waals surface area contributed by atoms with Crippen LogP contribution in [0.25, 0.3) is 22.0 Å². The highest BCUT2D eigenvalue weighted by Gasteiger charge is 2.10. The number of aromatic nitrogens is 3. The van der Waals surface area contributed by atoms with Crippen molar-refractivity contribution >= 4 is 38.9 Å². The highest BCUT2D eigenvalue weighted by atomic mass is 79.9. The van der Waals surface area contributed by atoms with E-state index in [1.165, 1.54) is 0 Å². The minimum absolute atomic E-state index is 0.727. The second kappa shape index (κ2) is 4.84. The first-order valence-corrected chi connectivity index (χ1v) is 7.20. The van der Waals surface area contributed by atoms with Crippen molar-refractivity contribution in [1.29, 1.82) is 0 Å². The molecular weight excluding hydrogens is 334 g/mol. The first-order chi connectivity index (χ1) is 8.74. The molecule has 0 amide bonds. The summed E-state index contributed by atoms with van der Waals surface area (Å²) in [5, 5.41) is 10.5. The Hall–Kier alpha value is -1.17. The van der Waals surface area contributed by atoms with E-state index in [1.807, 2.05) is 29.6 Å². The molecule has 0 aliphatic rings. The maximum Gasteiger partial charge on any atom is 0.143 e. The summed E-state index contributed by atoms with van der Waals surface area (Å²) in [6, 6.07) is 7.65. The molecule has 0 radical (unpaired) electrons. The monoisotopic (exact) mass is 339 g/mol. The lowest BCUT2D eigenvalue weighted by Gasteiger charge is -1.96. The molecule has 0 aliphatic heterocycles. The van der Waals surface area contributed by atoms with Gasteiger partial charge in [0.1, 0.15) is 10.7 Å². The molecule has 0 saturated heterocycles. The zero-order valence-corrected chi connectivity index (χ0v) is 12.2. The van der Waals surface area contributed by atoms with E-state index in [2.05, 4.69) is 31.1 Å². The summed E-state index contributed by atoms with van der Waals surface area (Å²) < 4.78 is 0.916. The third-order valence-corrected chi connectivity index (χ3v) is 4.16. The molecule has 1 N–H and O–H groups in total. The first-order valence-electron chi connectivity index (χ1n) is 5.15. The Labute approximate surface area is 121 Å². The van der Waals surface area contributed by atoms with Crippen LogP contribution >= 0.6 is 38.9 Å². The van der Waals surface area contributed by atoms with Crippen LogP contribution in [0.2, 0.25) is 5.02 Å². The largest absolute Gasteiger partial charge is 0.274 e. The molecule has 90 valence electrons. The fourth-order valence-electron chi connectivity index (χ4n) is 1.56. The third kappa shape index (κ3) is 2.21. The number of thiazole rings is 1. The Bertz CT molecular complexity index is 675. The quantitative estimate of drug-likeness (QED) is 0.740. The number of nitrogens with one attached hydrogen (secondary N) is 1. The van der Waals surface area contributed by atoms with Crippen molar-refractivity contribution in [1.82, 2.24) is 15.2 Å². The summed E-state index contributed by atoms with van der Waals surface area (Å²) in [6.45, 7) is 0. The van der Waals surface area contributed by atoms with Crippen LogP contribution in [0.1, 0.15) is 0 Å². The van der Waals surface area contributed by atoms with Crippen LogP contribution in [0, 0.1) is 0 Å². The third-order valence-electron chi connectivity index (χ3n) is 2.45. The van der Waals surface area contributed by atoms with Crippen LogP contribution in [-0.4, -0.2) is 15.2 Å². The van der Waals surface area contributed by atoms with Gasteiger partial charge in [-0.1, -0.05) is 23.7 Å². The molecule has 0 fully saturated rings. The van der Waals surface area contributed by atoms with E-state index in [9.17, 15) is 0 Å². The van der Waals surface area contributed by atoms with E-state index >= 15 is 0 Å². The summed E-state index contributed by atoms with van der Waals surface area (Å²) in [7, 11) is 0. The van der Waals surface area contributed by atoms with Gasteiger partial charge >= 0.3 is 0 Å². The standard InChI is InChI=1S/C12H7BrClN3S/c13-9-5-15-17-11(9)12-16-10(6-18-12)7-1-3-8(14)4-2-7/h1-6H,(H,15,17). The predicted molar refractivity (Wildman–Crippen MR) is 77.8 cm³/mol. The maximum atomic E-state index is 5.87. The smallest absolute Gasteiger partial charge is 0.143 e. The Balaban J connectivity index is 1.99. The topological polar surface area (TPSA) is 41.6 Å². The van der Waals surface area contributed by atoms with Crippen molar-refractivity contribution in [3.05, 3.63) is 45.3 Å². The lowest BCUT2D eigenvalue weighted by molar-refractivity contribution is 1.09. The van der Waals surface area contributed by atoms with Gasteiger partial charge in [0.15, 0.2) is 0 Å². The van der Waals surface area contributed by atoms with Crippen molar-refractivity contribution in [3.63, 3.8) is 0 Å². The van der Waals surface area contributed by atoms with Gasteiger partial charge in [-0.25, -0.2) is 4.98 Å². The van der Waals surface area contributed by atoms with Gasteiger partial charge in [0.2, 0.25) is 0 Å². The van der Waals surface area contributed by atoms with E-state index in [1.54, 1.807) is 17.5 Å². The average Bonchev–Trinajstić information content (AvgIpc) is 2.98. The van der Waals surface area contributed by atoms with Crippen LogP contribution < -0.4 is 0 Å². The van der Waals surface area contributed by atoms with Crippen LogP contribution in [-0.2, 0) is 0 Å². The summed E-state index contributed by atoms with van der Waals surface area (Å²) in [5.41, 5.74) is 2.89. The first kappa shape index (κ1) is 11.9. The number of hydrogen-bond donors (Lipinski definition) is 1. The number of hydrogen-bond acceptors (Lipinski definition) is 3. The molecule has 3 aromatic rings. The minimum Gasteiger partial charge on any atom is -0.274 e. The SMILES string of the molecule is Clc1ccc(-c2csc(-c3[nH]ncc3Br)n2)cc1. The van der Waals surface area contributed by atoms with Crippen molar-refractivity contribution < 1.29 is 0 Å². The second-order valence-electron chi connectivity index (χ2n) is 3.64. The summed E-state index contributed by atoms with van der Waals surface area (Å²) in [6.07, 6.45) is 1.72. The van der Waals surface area contributed by atoms with Gasteiger partial charge < -0.3 is 0 Å². The van der Waals surface area contributed by atoms with E-state index < -0.39 is 0 Å². The van der Waals surface area contributed by atoms with Crippen LogP contribution in [0.4, 0.5) is 0 Å². The number of aromatic amines is 1. The number of benzene rings is 1. The van der Waals surface area contributed by atoms with Gasteiger partial charge in [-0.2, -0.15) is 5.10 Å². The molecule has 2 aromatic heterocycles. The molecule has 0 unspecified atom stereocenters. The average molecular weight is 341 g/mol. The maximum absolute atomic E-state index is 5.87. The number of H-pyrrole nitrogens is 1. The van der Waals surface area contributed by atoms with Gasteiger partial charge in [-0.15, -0.1) is 11.3 Å². The van der Waals surface area contributed by atoms with Gasteiger partial charge in [0, 0.05) is 16.0 Å². The zero-order valence-electron chi connectivity index (χ0n) is 9.02. The molecule has 18 heavy (non-hydrogen) atoms. The Morgan fingerprint density at radius 2 is 2.00 bits per heavy atom. The molecule has 2 heterocycles. The number of rotatable bonds is 2.